The van der Waals surface area contributed by atoms with E-state index >= 15 is 0 Å². The second kappa shape index (κ2) is 4.39. The second-order valence-electron chi connectivity index (χ2n) is 5.03. The summed E-state index contributed by atoms with van der Waals surface area (Å²) in [6.07, 6.45) is 5.82. The third-order valence-corrected chi connectivity index (χ3v) is 5.09. The summed E-state index contributed by atoms with van der Waals surface area (Å²) in [6, 6.07) is 1.87. The molecule has 0 aromatic carbocycles. The van der Waals surface area contributed by atoms with Gasteiger partial charge in [-0.3, -0.25) is 14.4 Å². The first-order valence-corrected chi connectivity index (χ1v) is 7.57. The number of β-lactam (4-membered cyclic amide) rings is 1. The number of nitrogens with zero attached hydrogens (tertiary/aromatic N) is 4. The van der Waals surface area contributed by atoms with Gasteiger partial charge >= 0.3 is 5.97 Å². The summed E-state index contributed by atoms with van der Waals surface area (Å²) in [5.41, 5.74) is 1.72. The molecule has 4 rings (SSSR count). The highest BCUT2D eigenvalue weighted by Crippen LogP contribution is 2.40. The van der Waals surface area contributed by atoms with Crippen LogP contribution in [0.3, 0.4) is 0 Å². The van der Waals surface area contributed by atoms with Crippen LogP contribution >= 0.6 is 11.8 Å². The van der Waals surface area contributed by atoms with E-state index in [-0.39, 0.29) is 17.0 Å². The lowest BCUT2D eigenvalue weighted by Gasteiger charge is -2.44. The van der Waals surface area contributed by atoms with Gasteiger partial charge in [0.2, 0.25) is 5.91 Å². The van der Waals surface area contributed by atoms with Crippen molar-refractivity contribution in [2.45, 2.75) is 18.3 Å². The summed E-state index contributed by atoms with van der Waals surface area (Å²) in [5.74, 6) is -0.510. The smallest absolute Gasteiger partial charge is 0.352 e. The van der Waals surface area contributed by atoms with Gasteiger partial charge in [0.05, 0.1) is 18.3 Å². The van der Waals surface area contributed by atoms with Gasteiger partial charge in [0.1, 0.15) is 5.70 Å². The standard InChI is InChI=1S/C13H12N4O3S/c18-10-5-11-17(10)12(13(19)20)8(7-21-11)6-15-3-1-9-14-2-4-16(9)15/h1-4,11H,5-7H2,(H,19,20)/t11-/m0/s1. The van der Waals surface area contributed by atoms with Crippen LogP contribution in [0.1, 0.15) is 6.42 Å². The molecule has 0 unspecified atom stereocenters. The highest BCUT2D eigenvalue weighted by Gasteiger charge is 2.45. The van der Waals surface area contributed by atoms with Crippen molar-refractivity contribution in [3.63, 3.8) is 0 Å². The van der Waals surface area contributed by atoms with Crippen molar-refractivity contribution < 1.29 is 14.7 Å². The van der Waals surface area contributed by atoms with E-state index in [1.54, 1.807) is 18.0 Å². The predicted molar refractivity (Wildman–Crippen MR) is 75.6 cm³/mol. The van der Waals surface area contributed by atoms with Crippen molar-refractivity contribution in [3.05, 3.63) is 35.9 Å². The lowest BCUT2D eigenvalue weighted by Crippen LogP contribution is -2.54. The van der Waals surface area contributed by atoms with Crippen LogP contribution < -0.4 is 0 Å². The average molecular weight is 304 g/mol. The van der Waals surface area contributed by atoms with Gasteiger partial charge in [0, 0.05) is 30.4 Å². The SMILES string of the molecule is O=C(O)C1=C(Cn2ccc3nccn32)CS[C@H]2CC(=O)N12. The highest BCUT2D eigenvalue weighted by atomic mass is 32.2. The molecular formula is C13H12N4O3S. The molecule has 2 aromatic heterocycles. The second-order valence-corrected chi connectivity index (χ2v) is 6.20. The molecule has 0 saturated carbocycles. The minimum absolute atomic E-state index is 0.00900. The molecule has 1 fully saturated rings. The number of imidazole rings is 1. The van der Waals surface area contributed by atoms with E-state index in [1.165, 1.54) is 4.90 Å². The van der Waals surface area contributed by atoms with E-state index in [2.05, 4.69) is 4.98 Å². The number of hydrogen-bond acceptors (Lipinski definition) is 4. The van der Waals surface area contributed by atoms with Crippen molar-refractivity contribution in [3.8, 4) is 0 Å². The molecule has 0 radical (unpaired) electrons. The van der Waals surface area contributed by atoms with Crippen LogP contribution in [0.15, 0.2) is 35.9 Å². The monoisotopic (exact) mass is 304 g/mol. The van der Waals surface area contributed by atoms with Gasteiger partial charge in [-0.05, 0) is 5.57 Å². The zero-order valence-corrected chi connectivity index (χ0v) is 11.8. The van der Waals surface area contributed by atoms with Crippen LogP contribution in [0.4, 0.5) is 0 Å². The number of carboxylic acid groups (broad SMARTS) is 1. The summed E-state index contributed by atoms with van der Waals surface area (Å²) in [5, 5.41) is 9.45. The maximum absolute atomic E-state index is 11.7. The van der Waals surface area contributed by atoms with Gasteiger partial charge < -0.3 is 5.11 Å². The summed E-state index contributed by atoms with van der Waals surface area (Å²) < 4.78 is 3.76. The van der Waals surface area contributed by atoms with Crippen molar-refractivity contribution in [1.29, 1.82) is 0 Å². The Kier molecular flexibility index (Phi) is 2.61. The molecule has 4 heterocycles. The summed E-state index contributed by atoms with van der Waals surface area (Å²) in [7, 11) is 0. The Balaban J connectivity index is 1.74. The Bertz CT molecular complexity index is 790. The average Bonchev–Trinajstić information content (AvgIpc) is 3.03. The molecule has 1 N–H and O–H groups in total. The van der Waals surface area contributed by atoms with Crippen molar-refractivity contribution in [1.82, 2.24) is 19.1 Å². The highest BCUT2D eigenvalue weighted by molar-refractivity contribution is 8.00. The zero-order chi connectivity index (χ0) is 14.6. The first kappa shape index (κ1) is 12.5. The van der Waals surface area contributed by atoms with Crippen LogP contribution in [-0.4, -0.2) is 47.2 Å². The Morgan fingerprint density at radius 1 is 1.48 bits per heavy atom. The molecule has 2 aliphatic rings. The summed E-state index contributed by atoms with van der Waals surface area (Å²) in [6.45, 7) is 0.436. The number of carbonyl (C=O) groups is 2. The Hall–Kier alpha value is -2.22. The molecule has 0 bridgehead atoms. The summed E-state index contributed by atoms with van der Waals surface area (Å²) >= 11 is 1.62. The van der Waals surface area contributed by atoms with Gasteiger partial charge in [0.25, 0.3) is 0 Å². The largest absolute Gasteiger partial charge is 0.477 e. The molecule has 1 saturated heterocycles. The third kappa shape index (κ3) is 1.79. The first-order chi connectivity index (χ1) is 10.1. The molecule has 0 aliphatic carbocycles. The van der Waals surface area contributed by atoms with Gasteiger partial charge in [-0.25, -0.2) is 14.3 Å². The van der Waals surface area contributed by atoms with Gasteiger partial charge in [-0.2, -0.15) is 0 Å². The van der Waals surface area contributed by atoms with Crippen molar-refractivity contribution >= 4 is 29.3 Å². The minimum atomic E-state index is -1.03. The molecule has 108 valence electrons. The fourth-order valence-electron chi connectivity index (χ4n) is 2.79. The zero-order valence-electron chi connectivity index (χ0n) is 11.0. The van der Waals surface area contributed by atoms with E-state index in [4.69, 9.17) is 0 Å². The Morgan fingerprint density at radius 2 is 2.33 bits per heavy atom. The van der Waals surface area contributed by atoms with Crippen LogP contribution in [0, 0.1) is 0 Å². The van der Waals surface area contributed by atoms with E-state index in [0.717, 1.165) is 11.2 Å². The molecule has 8 heteroatoms. The van der Waals surface area contributed by atoms with Crippen LogP contribution in [-0.2, 0) is 16.1 Å². The first-order valence-electron chi connectivity index (χ1n) is 6.52. The van der Waals surface area contributed by atoms with Gasteiger partial charge in [0.15, 0.2) is 5.65 Å². The van der Waals surface area contributed by atoms with E-state index in [1.807, 2.05) is 27.7 Å². The van der Waals surface area contributed by atoms with Gasteiger partial charge in [-0.15, -0.1) is 11.8 Å². The molecule has 1 atom stereocenters. The predicted octanol–water partition coefficient (Wildman–Crippen LogP) is 0.780. The number of rotatable bonds is 3. The lowest BCUT2D eigenvalue weighted by atomic mass is 10.1. The fourth-order valence-corrected chi connectivity index (χ4v) is 4.05. The molecule has 2 aliphatic heterocycles. The number of aliphatic carboxylic acids is 1. The minimum Gasteiger partial charge on any atom is -0.477 e. The number of carbonyl (C=O) groups excluding carboxylic acids is 1. The number of carboxylic acids is 1. The van der Waals surface area contributed by atoms with Crippen LogP contribution in [0.25, 0.3) is 5.65 Å². The number of fused-ring (bicyclic) bond motifs is 2. The molecule has 2 aromatic rings. The normalized spacial score (nSPS) is 21.6. The molecule has 21 heavy (non-hydrogen) atoms. The third-order valence-electron chi connectivity index (χ3n) is 3.81. The molecule has 1 amide bonds. The molecular weight excluding hydrogens is 292 g/mol. The molecule has 7 nitrogen and oxygen atoms in total. The fraction of sp³-hybridized carbons (Fsp3) is 0.308. The van der Waals surface area contributed by atoms with Crippen LogP contribution in [0.5, 0.6) is 0 Å². The van der Waals surface area contributed by atoms with E-state index in [9.17, 15) is 14.7 Å². The lowest BCUT2D eigenvalue weighted by molar-refractivity contribution is -0.146. The Labute approximate surface area is 123 Å². The van der Waals surface area contributed by atoms with E-state index < -0.39 is 5.97 Å². The number of aromatic nitrogens is 3. The number of amides is 1. The van der Waals surface area contributed by atoms with E-state index in [0.29, 0.717) is 18.7 Å². The molecule has 0 spiro atoms. The van der Waals surface area contributed by atoms with Crippen molar-refractivity contribution in [2.75, 3.05) is 5.75 Å². The quantitative estimate of drug-likeness (QED) is 0.848. The number of thioether (sulfide) groups is 1. The topological polar surface area (TPSA) is 79.8 Å². The number of hydrogen-bond donors (Lipinski definition) is 1. The maximum Gasteiger partial charge on any atom is 0.352 e. The summed E-state index contributed by atoms with van der Waals surface area (Å²) in [4.78, 5) is 28.8. The van der Waals surface area contributed by atoms with Gasteiger partial charge in [-0.1, -0.05) is 0 Å². The van der Waals surface area contributed by atoms with Crippen molar-refractivity contribution in [2.24, 2.45) is 0 Å². The Morgan fingerprint density at radius 3 is 3.10 bits per heavy atom. The maximum atomic E-state index is 11.7. The van der Waals surface area contributed by atoms with Crippen LogP contribution in [0.2, 0.25) is 0 Å².